The van der Waals surface area contributed by atoms with E-state index in [1.807, 2.05) is 5.32 Å². The Morgan fingerprint density at radius 3 is 2.58 bits per heavy atom. The summed E-state index contributed by atoms with van der Waals surface area (Å²) in [7, 11) is 0. The number of benzene rings is 1. The average molecular weight is 265 g/mol. The molecule has 1 aromatic carbocycles. The molecule has 0 atom stereocenters. The van der Waals surface area contributed by atoms with Crippen LogP contribution in [0.5, 0.6) is 0 Å². The Kier molecular flexibility index (Phi) is 5.40. The number of hydrogen-bond acceptors (Lipinski definition) is 4. The lowest BCUT2D eigenvalue weighted by molar-refractivity contribution is -0.137. The molecule has 0 fully saturated rings. The fraction of sp³-hybridized carbons (Fsp3) is 0.154. The minimum absolute atomic E-state index is 0.180. The quantitative estimate of drug-likeness (QED) is 0.656. The highest BCUT2D eigenvalue weighted by Gasteiger charge is 2.12. The van der Waals surface area contributed by atoms with Gasteiger partial charge in [-0.1, -0.05) is 12.1 Å². The van der Waals surface area contributed by atoms with Gasteiger partial charge in [0.2, 0.25) is 0 Å². The minimum Gasteiger partial charge on any atom is -0.463 e. The van der Waals surface area contributed by atoms with Gasteiger partial charge < -0.3 is 4.74 Å². The van der Waals surface area contributed by atoms with Crippen LogP contribution in [0.1, 0.15) is 17.3 Å². The lowest BCUT2D eigenvalue weighted by Gasteiger charge is -2.02. The Balaban J connectivity index is 2.61. The summed E-state index contributed by atoms with van der Waals surface area (Å²) in [6, 6.07) is 5.24. The molecule has 5 nitrogen and oxygen atoms in total. The Labute approximate surface area is 109 Å². The fourth-order valence-corrected chi connectivity index (χ4v) is 1.20. The second-order valence-corrected chi connectivity index (χ2v) is 3.38. The number of halogens is 1. The molecule has 1 rings (SSSR count). The molecule has 0 bridgehead atoms. The van der Waals surface area contributed by atoms with E-state index in [4.69, 9.17) is 0 Å². The molecule has 0 spiro atoms. The van der Waals surface area contributed by atoms with E-state index in [2.05, 4.69) is 4.74 Å². The molecule has 1 aromatic rings. The monoisotopic (exact) mass is 265 g/mol. The van der Waals surface area contributed by atoms with Gasteiger partial charge in [0.1, 0.15) is 5.82 Å². The Hall–Kier alpha value is -2.50. The standard InChI is InChI=1S/C13H12FNO4/c1-2-19-12(17)8-7-11(16)15-13(18)9-5-3-4-6-10(9)14/h3-8H,2H2,1H3,(H,15,16,18)/b8-7+. The number of carbonyl (C=O) groups excluding carboxylic acids is 3. The molecule has 0 heterocycles. The first-order valence-electron chi connectivity index (χ1n) is 5.49. The largest absolute Gasteiger partial charge is 0.463 e. The van der Waals surface area contributed by atoms with Crippen molar-refractivity contribution >= 4 is 17.8 Å². The van der Waals surface area contributed by atoms with E-state index in [0.29, 0.717) is 0 Å². The lowest BCUT2D eigenvalue weighted by atomic mass is 10.2. The van der Waals surface area contributed by atoms with E-state index in [-0.39, 0.29) is 12.2 Å². The van der Waals surface area contributed by atoms with Crippen LogP contribution in [0.25, 0.3) is 0 Å². The topological polar surface area (TPSA) is 72.5 Å². The van der Waals surface area contributed by atoms with E-state index in [1.54, 1.807) is 6.92 Å². The predicted molar refractivity (Wildman–Crippen MR) is 64.6 cm³/mol. The van der Waals surface area contributed by atoms with Gasteiger partial charge in [-0.15, -0.1) is 0 Å². The zero-order valence-electron chi connectivity index (χ0n) is 10.2. The van der Waals surface area contributed by atoms with Crippen LogP contribution in [-0.4, -0.2) is 24.4 Å². The van der Waals surface area contributed by atoms with Gasteiger partial charge in [-0.25, -0.2) is 9.18 Å². The van der Waals surface area contributed by atoms with Gasteiger partial charge in [0.15, 0.2) is 0 Å². The molecule has 0 saturated heterocycles. The molecular formula is C13H12FNO4. The van der Waals surface area contributed by atoms with Crippen LogP contribution in [0.15, 0.2) is 36.4 Å². The second-order valence-electron chi connectivity index (χ2n) is 3.38. The van der Waals surface area contributed by atoms with Gasteiger partial charge in [-0.05, 0) is 19.1 Å². The SMILES string of the molecule is CCOC(=O)/C=C/C(=O)NC(=O)c1ccccc1F. The van der Waals surface area contributed by atoms with Crippen LogP contribution < -0.4 is 5.32 Å². The lowest BCUT2D eigenvalue weighted by Crippen LogP contribution is -2.29. The molecule has 2 amide bonds. The number of nitrogens with one attached hydrogen (secondary N) is 1. The minimum atomic E-state index is -0.878. The van der Waals surface area contributed by atoms with Crippen molar-refractivity contribution in [1.29, 1.82) is 0 Å². The third-order valence-electron chi connectivity index (χ3n) is 2.01. The van der Waals surface area contributed by atoms with Crippen LogP contribution in [-0.2, 0) is 14.3 Å². The summed E-state index contributed by atoms with van der Waals surface area (Å²) in [5.41, 5.74) is -0.250. The predicted octanol–water partition coefficient (Wildman–Crippen LogP) is 1.20. The van der Waals surface area contributed by atoms with Crippen LogP contribution >= 0.6 is 0 Å². The summed E-state index contributed by atoms with van der Waals surface area (Å²) in [6.07, 6.45) is 1.73. The molecule has 0 aliphatic carbocycles. The second kappa shape index (κ2) is 7.05. The first-order chi connectivity index (χ1) is 9.04. The molecule has 0 saturated carbocycles. The zero-order valence-corrected chi connectivity index (χ0v) is 10.2. The number of esters is 1. The number of hydrogen-bond donors (Lipinski definition) is 1. The summed E-state index contributed by atoms with van der Waals surface area (Å²) in [6.45, 7) is 1.80. The van der Waals surface area contributed by atoms with E-state index in [9.17, 15) is 18.8 Å². The molecule has 0 aliphatic heterocycles. The van der Waals surface area contributed by atoms with Gasteiger partial charge in [-0.2, -0.15) is 0 Å². The Morgan fingerprint density at radius 1 is 1.26 bits per heavy atom. The number of carbonyl (C=O) groups is 3. The third kappa shape index (κ3) is 4.71. The average Bonchev–Trinajstić information content (AvgIpc) is 2.37. The van der Waals surface area contributed by atoms with E-state index >= 15 is 0 Å². The molecule has 0 unspecified atom stereocenters. The van der Waals surface area contributed by atoms with Gasteiger partial charge >= 0.3 is 5.97 Å². The summed E-state index contributed by atoms with van der Waals surface area (Å²) >= 11 is 0. The summed E-state index contributed by atoms with van der Waals surface area (Å²) in [5.74, 6) is -3.14. The third-order valence-corrected chi connectivity index (χ3v) is 2.01. The summed E-state index contributed by atoms with van der Waals surface area (Å²) < 4.78 is 17.8. The Morgan fingerprint density at radius 2 is 1.95 bits per heavy atom. The van der Waals surface area contributed by atoms with Crippen molar-refractivity contribution in [2.24, 2.45) is 0 Å². The normalized spacial score (nSPS) is 10.2. The van der Waals surface area contributed by atoms with Crippen LogP contribution in [0.3, 0.4) is 0 Å². The summed E-state index contributed by atoms with van der Waals surface area (Å²) in [4.78, 5) is 33.7. The van der Waals surface area contributed by atoms with E-state index in [1.165, 1.54) is 18.2 Å². The summed E-state index contributed by atoms with van der Waals surface area (Å²) in [5, 5.41) is 1.92. The van der Waals surface area contributed by atoms with E-state index in [0.717, 1.165) is 18.2 Å². The highest BCUT2D eigenvalue weighted by molar-refractivity contribution is 6.09. The van der Waals surface area contributed by atoms with Crippen molar-refractivity contribution in [3.63, 3.8) is 0 Å². The van der Waals surface area contributed by atoms with Gasteiger partial charge in [0.05, 0.1) is 12.2 Å². The molecular weight excluding hydrogens is 253 g/mol. The molecule has 0 aromatic heterocycles. The van der Waals surface area contributed by atoms with Crippen molar-refractivity contribution in [2.75, 3.05) is 6.61 Å². The molecule has 0 radical (unpaired) electrons. The number of imide groups is 1. The van der Waals surface area contributed by atoms with Crippen molar-refractivity contribution in [3.05, 3.63) is 47.8 Å². The van der Waals surface area contributed by atoms with Gasteiger partial charge in [0.25, 0.3) is 11.8 Å². The highest BCUT2D eigenvalue weighted by Crippen LogP contribution is 2.05. The van der Waals surface area contributed by atoms with Gasteiger partial charge in [0, 0.05) is 12.2 Å². The van der Waals surface area contributed by atoms with Crippen molar-refractivity contribution in [1.82, 2.24) is 5.32 Å². The number of rotatable bonds is 4. The number of ether oxygens (including phenoxy) is 1. The Bertz CT molecular complexity index is 525. The molecule has 0 aliphatic rings. The maximum atomic E-state index is 13.2. The first kappa shape index (κ1) is 14.6. The van der Waals surface area contributed by atoms with Crippen LogP contribution in [0.2, 0.25) is 0 Å². The zero-order chi connectivity index (χ0) is 14.3. The molecule has 19 heavy (non-hydrogen) atoms. The molecule has 1 N–H and O–H groups in total. The first-order valence-corrected chi connectivity index (χ1v) is 5.49. The van der Waals surface area contributed by atoms with E-state index < -0.39 is 23.6 Å². The maximum Gasteiger partial charge on any atom is 0.330 e. The highest BCUT2D eigenvalue weighted by atomic mass is 19.1. The van der Waals surface area contributed by atoms with Crippen molar-refractivity contribution in [2.45, 2.75) is 6.92 Å². The maximum absolute atomic E-state index is 13.2. The van der Waals surface area contributed by atoms with Crippen molar-refractivity contribution < 1.29 is 23.5 Å². The molecule has 6 heteroatoms. The fourth-order valence-electron chi connectivity index (χ4n) is 1.20. The van der Waals surface area contributed by atoms with Crippen molar-refractivity contribution in [3.8, 4) is 0 Å². The van der Waals surface area contributed by atoms with Crippen LogP contribution in [0, 0.1) is 5.82 Å². The molecule has 100 valence electrons. The number of amides is 2. The smallest absolute Gasteiger partial charge is 0.330 e. The van der Waals surface area contributed by atoms with Gasteiger partial charge in [-0.3, -0.25) is 14.9 Å². The van der Waals surface area contributed by atoms with Crippen LogP contribution in [0.4, 0.5) is 4.39 Å².